The molecule has 3 aromatic rings. The Morgan fingerprint density at radius 2 is 1.77 bits per heavy atom. The van der Waals surface area contributed by atoms with Crippen LogP contribution in [0.2, 0.25) is 0 Å². The summed E-state index contributed by atoms with van der Waals surface area (Å²) >= 11 is 0. The van der Waals surface area contributed by atoms with Crippen LogP contribution in [-0.2, 0) is 0 Å². The van der Waals surface area contributed by atoms with Crippen LogP contribution in [0.3, 0.4) is 0 Å². The first-order valence-electron chi connectivity index (χ1n) is 8.67. The van der Waals surface area contributed by atoms with E-state index in [9.17, 15) is 27.5 Å². The van der Waals surface area contributed by atoms with Crippen LogP contribution in [0.1, 0.15) is 15.9 Å². The summed E-state index contributed by atoms with van der Waals surface area (Å²) in [4.78, 5) is 12.1. The van der Waals surface area contributed by atoms with Crippen LogP contribution in [0.25, 0.3) is 0 Å². The van der Waals surface area contributed by atoms with Crippen molar-refractivity contribution in [1.82, 2.24) is 0 Å². The average molecular weight is 420 g/mol. The molecule has 0 aromatic heterocycles. The summed E-state index contributed by atoms with van der Waals surface area (Å²) in [5.41, 5.74) is 0.310. The highest BCUT2D eigenvalue weighted by atomic mass is 19.2. The molecule has 0 fully saturated rings. The quantitative estimate of drug-likeness (QED) is 0.173. The Labute approximate surface area is 168 Å². The number of amides is 1. The van der Waals surface area contributed by atoms with Crippen LogP contribution >= 0.6 is 0 Å². The second kappa shape index (κ2) is 8.73. The van der Waals surface area contributed by atoms with E-state index >= 15 is 0 Å². The van der Waals surface area contributed by atoms with E-state index in [1.807, 2.05) is 25.1 Å². The van der Waals surface area contributed by atoms with Crippen molar-refractivity contribution in [3.8, 4) is 11.5 Å². The number of rotatable bonds is 6. The zero-order valence-corrected chi connectivity index (χ0v) is 15.6. The van der Waals surface area contributed by atoms with Gasteiger partial charge in [-0.25, -0.2) is 17.6 Å². The van der Waals surface area contributed by atoms with Crippen molar-refractivity contribution >= 4 is 17.3 Å². The van der Waals surface area contributed by atoms with E-state index in [-0.39, 0.29) is 29.9 Å². The molecule has 3 aromatic carbocycles. The number of nitrogens with one attached hydrogen (secondary N) is 2. The van der Waals surface area contributed by atoms with E-state index in [1.54, 1.807) is 6.07 Å². The number of aryl methyl sites for hydroxylation is 1. The Balaban J connectivity index is 1.66. The lowest BCUT2D eigenvalue weighted by Gasteiger charge is -2.12. The zero-order chi connectivity index (χ0) is 21.8. The lowest BCUT2D eigenvalue weighted by molar-refractivity contribution is 0.102. The van der Waals surface area contributed by atoms with Gasteiger partial charge in [-0.15, -0.1) is 0 Å². The smallest absolute Gasteiger partial charge is 0.258 e. The van der Waals surface area contributed by atoms with Crippen LogP contribution in [0, 0.1) is 30.2 Å². The number of carbonyl (C=O) groups excluding carboxylic acids is 1. The van der Waals surface area contributed by atoms with Crippen LogP contribution in [0.5, 0.6) is 11.5 Å². The fraction of sp³-hybridized carbons (Fsp3) is 0.0952. The molecule has 0 saturated heterocycles. The number of carbonyl (C=O) groups is 1. The molecule has 0 radical (unpaired) electrons. The van der Waals surface area contributed by atoms with E-state index < -0.39 is 34.7 Å². The molecule has 0 aliphatic rings. The fourth-order valence-electron chi connectivity index (χ4n) is 2.60. The maximum Gasteiger partial charge on any atom is 0.258 e. The Morgan fingerprint density at radius 3 is 2.47 bits per heavy atom. The van der Waals surface area contributed by atoms with Crippen molar-refractivity contribution in [2.24, 2.45) is 0 Å². The maximum absolute atomic E-state index is 13.7. The second-order valence-electron chi connectivity index (χ2n) is 6.32. The maximum atomic E-state index is 13.7. The number of hydrogen-bond acceptors (Lipinski definition) is 4. The average Bonchev–Trinajstić information content (AvgIpc) is 2.70. The van der Waals surface area contributed by atoms with Gasteiger partial charge in [0.2, 0.25) is 0 Å². The number of anilines is 2. The molecule has 30 heavy (non-hydrogen) atoms. The number of hydrogen-bond donors (Lipinski definition) is 3. The topological polar surface area (TPSA) is 70.6 Å². The molecule has 0 aliphatic carbocycles. The molecule has 0 saturated carbocycles. The molecule has 9 heteroatoms. The number of phenols is 1. The summed E-state index contributed by atoms with van der Waals surface area (Å²) in [7, 11) is 0. The van der Waals surface area contributed by atoms with Crippen molar-refractivity contribution in [3.63, 3.8) is 0 Å². The van der Waals surface area contributed by atoms with E-state index in [1.165, 1.54) is 12.1 Å². The summed E-state index contributed by atoms with van der Waals surface area (Å²) in [6.45, 7) is 1.96. The van der Waals surface area contributed by atoms with Gasteiger partial charge in [-0.05, 0) is 42.8 Å². The van der Waals surface area contributed by atoms with Crippen molar-refractivity contribution < 1.29 is 32.2 Å². The first kappa shape index (κ1) is 21.0. The second-order valence-corrected chi connectivity index (χ2v) is 6.32. The predicted octanol–water partition coefficient (Wildman–Crippen LogP) is 4.96. The molecular formula is C21H16F4N2O3. The van der Waals surface area contributed by atoms with E-state index in [0.29, 0.717) is 5.75 Å². The van der Waals surface area contributed by atoms with E-state index in [4.69, 9.17) is 4.74 Å². The summed E-state index contributed by atoms with van der Waals surface area (Å²) in [6, 6.07) is 11.5. The van der Waals surface area contributed by atoms with Crippen molar-refractivity contribution in [2.75, 3.05) is 17.4 Å². The molecule has 0 heterocycles. The van der Waals surface area contributed by atoms with Crippen LogP contribution in [-0.4, -0.2) is 17.7 Å². The van der Waals surface area contributed by atoms with Crippen LogP contribution in [0.15, 0.2) is 48.5 Å². The third-order valence-corrected chi connectivity index (χ3v) is 4.09. The largest absolute Gasteiger partial charge is 0.506 e. The molecule has 3 N–H and O–H groups in total. The molecule has 3 rings (SSSR count). The molecule has 1 amide bonds. The number of phenolic OH excluding ortho intramolecular Hbond substituents is 1. The predicted molar refractivity (Wildman–Crippen MR) is 103 cm³/mol. The Bertz CT molecular complexity index is 1110. The monoisotopic (exact) mass is 420 g/mol. The van der Waals surface area contributed by atoms with Gasteiger partial charge in [0.15, 0.2) is 30.0 Å². The third kappa shape index (κ3) is 4.62. The van der Waals surface area contributed by atoms with Crippen molar-refractivity contribution in [2.45, 2.75) is 6.92 Å². The minimum atomic E-state index is -2.09. The standard InChI is InChI=1S/C21H16F4N2O3/c1-11-3-2-4-13(7-11)30-10-26-16-6-5-12(8-17(16)28)27-21(29)14-9-15(22)19(24)20(25)18(14)23/h2-9,26,28H,10H2,1H3,(H,27,29). The first-order valence-corrected chi connectivity index (χ1v) is 8.67. The molecule has 0 bridgehead atoms. The Kier molecular flexibility index (Phi) is 6.10. The highest BCUT2D eigenvalue weighted by Gasteiger charge is 2.23. The molecule has 156 valence electrons. The van der Waals surface area contributed by atoms with Crippen LogP contribution < -0.4 is 15.4 Å². The van der Waals surface area contributed by atoms with Crippen molar-refractivity contribution in [1.29, 1.82) is 0 Å². The van der Waals surface area contributed by atoms with Gasteiger partial charge in [-0.3, -0.25) is 4.79 Å². The van der Waals surface area contributed by atoms with E-state index in [2.05, 4.69) is 10.6 Å². The summed E-state index contributed by atoms with van der Waals surface area (Å²) < 4.78 is 58.8. The normalized spacial score (nSPS) is 10.6. The van der Waals surface area contributed by atoms with Crippen LogP contribution in [0.4, 0.5) is 28.9 Å². The zero-order valence-electron chi connectivity index (χ0n) is 15.6. The molecule has 0 spiro atoms. The van der Waals surface area contributed by atoms with E-state index in [0.717, 1.165) is 11.6 Å². The molecule has 5 nitrogen and oxygen atoms in total. The highest BCUT2D eigenvalue weighted by molar-refractivity contribution is 6.04. The summed E-state index contributed by atoms with van der Waals surface area (Å²) in [5, 5.41) is 15.1. The Morgan fingerprint density at radius 1 is 1.00 bits per heavy atom. The van der Waals surface area contributed by atoms with Gasteiger partial charge in [0.25, 0.3) is 5.91 Å². The first-order chi connectivity index (χ1) is 14.3. The molecular weight excluding hydrogens is 404 g/mol. The molecule has 0 aliphatic heterocycles. The SMILES string of the molecule is Cc1cccc(OCNc2ccc(NC(=O)c3cc(F)c(F)c(F)c3F)cc2O)c1. The highest BCUT2D eigenvalue weighted by Crippen LogP contribution is 2.28. The van der Waals surface area contributed by atoms with Gasteiger partial charge in [0.1, 0.15) is 11.5 Å². The van der Waals surface area contributed by atoms with Gasteiger partial charge in [-0.1, -0.05) is 12.1 Å². The summed E-state index contributed by atoms with van der Waals surface area (Å²) in [5.74, 6) is -8.46. The number of ether oxygens (including phenoxy) is 1. The minimum Gasteiger partial charge on any atom is -0.506 e. The number of aromatic hydroxyl groups is 1. The lowest BCUT2D eigenvalue weighted by atomic mass is 10.1. The van der Waals surface area contributed by atoms with Gasteiger partial charge in [0.05, 0.1) is 11.3 Å². The number of benzene rings is 3. The lowest BCUT2D eigenvalue weighted by Crippen LogP contribution is -2.16. The molecule has 0 unspecified atom stereocenters. The fourth-order valence-corrected chi connectivity index (χ4v) is 2.60. The minimum absolute atomic E-state index is 0.0205. The van der Waals surface area contributed by atoms with Gasteiger partial charge in [0, 0.05) is 11.8 Å². The summed E-state index contributed by atoms with van der Waals surface area (Å²) in [6.07, 6.45) is 0. The Hall–Kier alpha value is -3.75. The molecule has 0 atom stereocenters. The van der Waals surface area contributed by atoms with Gasteiger partial charge < -0.3 is 20.5 Å². The van der Waals surface area contributed by atoms with Crippen molar-refractivity contribution in [3.05, 3.63) is 82.9 Å². The number of halogens is 4. The van der Waals surface area contributed by atoms with Gasteiger partial charge >= 0.3 is 0 Å². The van der Waals surface area contributed by atoms with Gasteiger partial charge in [-0.2, -0.15) is 0 Å². The third-order valence-electron chi connectivity index (χ3n) is 4.09.